The standard InChI is InChI=1S/C23H24BrNO2/c1-17-6-5-7-18(12-17)16-27-23-11-10-21(24)13-20(23)14-25-15-22(26)19-8-3-2-4-9-19/h2-13,22,25-26H,14-16H2,1H3/t22-/m1/s1. The van der Waals surface area contributed by atoms with Gasteiger partial charge >= 0.3 is 0 Å². The molecule has 2 N–H and O–H groups in total. The van der Waals surface area contributed by atoms with Gasteiger partial charge in [0, 0.05) is 23.1 Å². The average molecular weight is 426 g/mol. The van der Waals surface area contributed by atoms with Gasteiger partial charge in [0.1, 0.15) is 12.4 Å². The molecule has 0 amide bonds. The van der Waals surface area contributed by atoms with Crippen LogP contribution in [0.4, 0.5) is 0 Å². The zero-order chi connectivity index (χ0) is 19.1. The predicted octanol–water partition coefficient (Wildman–Crippen LogP) is 5.16. The van der Waals surface area contributed by atoms with Gasteiger partial charge in [0.2, 0.25) is 0 Å². The summed E-state index contributed by atoms with van der Waals surface area (Å²) in [6.45, 7) is 3.71. The summed E-state index contributed by atoms with van der Waals surface area (Å²) in [7, 11) is 0. The molecule has 0 aliphatic rings. The van der Waals surface area contributed by atoms with Gasteiger partial charge in [-0.3, -0.25) is 0 Å². The second-order valence-electron chi connectivity index (χ2n) is 6.59. The first kappa shape index (κ1) is 19.6. The Morgan fingerprint density at radius 3 is 2.59 bits per heavy atom. The van der Waals surface area contributed by atoms with Crippen LogP contribution in [-0.4, -0.2) is 11.7 Å². The Balaban J connectivity index is 1.60. The zero-order valence-corrected chi connectivity index (χ0v) is 16.9. The van der Waals surface area contributed by atoms with E-state index in [4.69, 9.17) is 4.74 Å². The summed E-state index contributed by atoms with van der Waals surface area (Å²) in [4.78, 5) is 0. The number of nitrogens with one attached hydrogen (secondary N) is 1. The molecule has 0 saturated heterocycles. The third-order valence-electron chi connectivity index (χ3n) is 4.34. The van der Waals surface area contributed by atoms with E-state index < -0.39 is 6.10 Å². The number of hydrogen-bond acceptors (Lipinski definition) is 3. The number of benzene rings is 3. The van der Waals surface area contributed by atoms with Gasteiger partial charge in [0.05, 0.1) is 6.10 Å². The molecule has 27 heavy (non-hydrogen) atoms. The van der Waals surface area contributed by atoms with Crippen molar-refractivity contribution < 1.29 is 9.84 Å². The van der Waals surface area contributed by atoms with Crippen molar-refractivity contribution >= 4 is 15.9 Å². The first-order valence-corrected chi connectivity index (χ1v) is 9.81. The lowest BCUT2D eigenvalue weighted by Gasteiger charge is -2.15. The van der Waals surface area contributed by atoms with Crippen molar-refractivity contribution in [1.82, 2.24) is 5.32 Å². The maximum atomic E-state index is 10.3. The van der Waals surface area contributed by atoms with Gasteiger partial charge in [-0.15, -0.1) is 0 Å². The fraction of sp³-hybridized carbons (Fsp3) is 0.217. The van der Waals surface area contributed by atoms with Crippen LogP contribution >= 0.6 is 15.9 Å². The number of ether oxygens (including phenoxy) is 1. The van der Waals surface area contributed by atoms with Crippen LogP contribution in [-0.2, 0) is 13.2 Å². The third-order valence-corrected chi connectivity index (χ3v) is 4.83. The number of rotatable bonds is 8. The fourth-order valence-corrected chi connectivity index (χ4v) is 3.34. The highest BCUT2D eigenvalue weighted by molar-refractivity contribution is 9.10. The van der Waals surface area contributed by atoms with Gasteiger partial charge in [-0.2, -0.15) is 0 Å². The molecule has 0 aliphatic carbocycles. The van der Waals surface area contributed by atoms with Crippen LogP contribution in [0.1, 0.15) is 28.4 Å². The van der Waals surface area contributed by atoms with Gasteiger partial charge in [0.15, 0.2) is 0 Å². The van der Waals surface area contributed by atoms with E-state index in [9.17, 15) is 5.11 Å². The monoisotopic (exact) mass is 425 g/mol. The molecule has 0 spiro atoms. The number of aliphatic hydroxyl groups excluding tert-OH is 1. The average Bonchev–Trinajstić information content (AvgIpc) is 2.68. The van der Waals surface area contributed by atoms with Crippen molar-refractivity contribution in [2.45, 2.75) is 26.2 Å². The van der Waals surface area contributed by atoms with Gasteiger partial charge < -0.3 is 15.2 Å². The van der Waals surface area contributed by atoms with Crippen molar-refractivity contribution in [2.24, 2.45) is 0 Å². The second-order valence-corrected chi connectivity index (χ2v) is 7.50. The van der Waals surface area contributed by atoms with Crippen molar-refractivity contribution in [2.75, 3.05) is 6.54 Å². The molecular formula is C23H24BrNO2. The van der Waals surface area contributed by atoms with E-state index in [1.807, 2.05) is 54.6 Å². The Bertz CT molecular complexity index is 867. The molecule has 0 unspecified atom stereocenters. The van der Waals surface area contributed by atoms with Crippen LogP contribution in [0.5, 0.6) is 5.75 Å². The molecule has 1 atom stereocenters. The molecular weight excluding hydrogens is 402 g/mol. The summed E-state index contributed by atoms with van der Waals surface area (Å²) < 4.78 is 7.06. The maximum Gasteiger partial charge on any atom is 0.124 e. The predicted molar refractivity (Wildman–Crippen MR) is 113 cm³/mol. The first-order valence-electron chi connectivity index (χ1n) is 9.02. The van der Waals surface area contributed by atoms with Crippen LogP contribution in [0.3, 0.4) is 0 Å². The largest absolute Gasteiger partial charge is 0.489 e. The highest BCUT2D eigenvalue weighted by atomic mass is 79.9. The van der Waals surface area contributed by atoms with Crippen LogP contribution in [0.2, 0.25) is 0 Å². The topological polar surface area (TPSA) is 41.5 Å². The molecule has 3 nitrogen and oxygen atoms in total. The maximum absolute atomic E-state index is 10.3. The number of aryl methyl sites for hydroxylation is 1. The van der Waals surface area contributed by atoms with E-state index >= 15 is 0 Å². The molecule has 0 bridgehead atoms. The molecule has 3 aromatic carbocycles. The van der Waals surface area contributed by atoms with Crippen LogP contribution in [0, 0.1) is 6.92 Å². The molecule has 0 aliphatic heterocycles. The molecule has 3 rings (SSSR count). The fourth-order valence-electron chi connectivity index (χ4n) is 2.93. The quantitative estimate of drug-likeness (QED) is 0.523. The Labute approximate surface area is 169 Å². The second kappa shape index (κ2) is 9.70. The van der Waals surface area contributed by atoms with Gasteiger partial charge in [-0.1, -0.05) is 76.1 Å². The Morgan fingerprint density at radius 2 is 1.81 bits per heavy atom. The summed E-state index contributed by atoms with van der Waals surface area (Å²) in [6, 6.07) is 24.0. The third kappa shape index (κ3) is 5.93. The summed E-state index contributed by atoms with van der Waals surface area (Å²) >= 11 is 3.53. The van der Waals surface area contributed by atoms with Crippen LogP contribution in [0.25, 0.3) is 0 Å². The Hall–Kier alpha value is -2.14. The van der Waals surface area contributed by atoms with Gasteiger partial charge in [0.25, 0.3) is 0 Å². The Morgan fingerprint density at radius 1 is 1.00 bits per heavy atom. The van der Waals surface area contributed by atoms with E-state index in [0.717, 1.165) is 26.9 Å². The minimum atomic E-state index is -0.532. The SMILES string of the molecule is Cc1cccc(COc2ccc(Br)cc2CNC[C@@H](O)c2ccccc2)c1. The lowest BCUT2D eigenvalue weighted by molar-refractivity contribution is 0.174. The van der Waals surface area contributed by atoms with Gasteiger partial charge in [-0.25, -0.2) is 0 Å². The van der Waals surface area contributed by atoms with Gasteiger partial charge in [-0.05, 0) is 36.2 Å². The van der Waals surface area contributed by atoms with Crippen molar-refractivity contribution in [1.29, 1.82) is 0 Å². The van der Waals surface area contributed by atoms with E-state index in [2.05, 4.69) is 46.4 Å². The lowest BCUT2D eigenvalue weighted by Crippen LogP contribution is -2.21. The molecule has 0 saturated carbocycles. The first-order chi connectivity index (χ1) is 13.1. The highest BCUT2D eigenvalue weighted by Gasteiger charge is 2.09. The zero-order valence-electron chi connectivity index (χ0n) is 15.4. The summed E-state index contributed by atoms with van der Waals surface area (Å²) in [5.74, 6) is 0.849. The number of aliphatic hydroxyl groups is 1. The molecule has 0 fully saturated rings. The molecule has 3 aromatic rings. The van der Waals surface area contributed by atoms with E-state index in [1.54, 1.807) is 0 Å². The Kier molecular flexibility index (Phi) is 7.04. The molecule has 4 heteroatoms. The van der Waals surface area contributed by atoms with Crippen molar-refractivity contribution in [3.05, 3.63) is 99.5 Å². The van der Waals surface area contributed by atoms with E-state index in [0.29, 0.717) is 19.7 Å². The summed E-state index contributed by atoms with van der Waals surface area (Å²) in [5, 5.41) is 13.6. The summed E-state index contributed by atoms with van der Waals surface area (Å²) in [6.07, 6.45) is -0.532. The lowest BCUT2D eigenvalue weighted by atomic mass is 10.1. The molecule has 0 heterocycles. The van der Waals surface area contributed by atoms with Crippen LogP contribution in [0.15, 0.2) is 77.3 Å². The van der Waals surface area contributed by atoms with Crippen LogP contribution < -0.4 is 10.1 Å². The van der Waals surface area contributed by atoms with Crippen molar-refractivity contribution in [3.8, 4) is 5.75 Å². The number of halogens is 1. The van der Waals surface area contributed by atoms with Crippen molar-refractivity contribution in [3.63, 3.8) is 0 Å². The molecule has 0 aromatic heterocycles. The smallest absolute Gasteiger partial charge is 0.124 e. The van der Waals surface area contributed by atoms with E-state index in [-0.39, 0.29) is 0 Å². The number of hydrogen-bond donors (Lipinski definition) is 2. The minimum Gasteiger partial charge on any atom is -0.489 e. The molecule has 0 radical (unpaired) electrons. The normalized spacial score (nSPS) is 12.0. The summed E-state index contributed by atoms with van der Waals surface area (Å²) in [5.41, 5.74) is 4.34. The minimum absolute atomic E-state index is 0.480. The highest BCUT2D eigenvalue weighted by Crippen LogP contribution is 2.24. The molecule has 140 valence electrons. The van der Waals surface area contributed by atoms with E-state index in [1.165, 1.54) is 5.56 Å².